The van der Waals surface area contributed by atoms with Crippen LogP contribution < -0.4 is 5.32 Å². The maximum absolute atomic E-state index is 11.2. The minimum Gasteiger partial charge on any atom is -0.354 e. The van der Waals surface area contributed by atoms with Gasteiger partial charge in [0, 0.05) is 33.3 Å². The monoisotopic (exact) mass is 219 g/mol. The number of carbonyl (C=O) groups excluding carboxylic acids is 1. The summed E-state index contributed by atoms with van der Waals surface area (Å²) in [5.74, 6) is 0.398. The van der Waals surface area contributed by atoms with Crippen LogP contribution in [0.5, 0.6) is 0 Å². The molecule has 1 N–H and O–H groups in total. The molecule has 0 unspecified atom stereocenters. The molecular weight excluding hydrogens is 206 g/mol. The van der Waals surface area contributed by atoms with Crippen LogP contribution in [0, 0.1) is 11.3 Å². The van der Waals surface area contributed by atoms with E-state index in [2.05, 4.69) is 15.3 Å². The topological polar surface area (TPSA) is 81.9 Å². The zero-order chi connectivity index (χ0) is 12.0. The van der Waals surface area contributed by atoms with Crippen LogP contribution in [-0.4, -0.2) is 41.4 Å². The molecule has 0 bridgehead atoms. The molecule has 0 aromatic carbocycles. The summed E-state index contributed by atoms with van der Waals surface area (Å²) in [6, 6.07) is 3.44. The Morgan fingerprint density at radius 3 is 3.00 bits per heavy atom. The minimum atomic E-state index is 0.0314. The van der Waals surface area contributed by atoms with Gasteiger partial charge in [0.25, 0.3) is 0 Å². The highest BCUT2D eigenvalue weighted by Gasteiger charge is 2.03. The molecule has 0 aliphatic heterocycles. The van der Waals surface area contributed by atoms with E-state index in [9.17, 15) is 4.79 Å². The van der Waals surface area contributed by atoms with Gasteiger partial charge < -0.3 is 10.2 Å². The number of nitrogens with zero attached hydrogens (tertiary/aromatic N) is 4. The molecule has 6 nitrogen and oxygen atoms in total. The van der Waals surface area contributed by atoms with Crippen molar-refractivity contribution in [2.45, 2.75) is 6.42 Å². The van der Waals surface area contributed by atoms with Crippen LogP contribution in [0.4, 0.5) is 5.95 Å². The number of nitrogens with one attached hydrogen (secondary N) is 1. The fourth-order valence-electron chi connectivity index (χ4n) is 1.01. The highest BCUT2D eigenvalue weighted by molar-refractivity contribution is 5.75. The smallest absolute Gasteiger partial charge is 0.223 e. The van der Waals surface area contributed by atoms with E-state index in [1.165, 1.54) is 17.2 Å². The molecule has 0 spiro atoms. The first-order chi connectivity index (χ1) is 7.63. The van der Waals surface area contributed by atoms with Crippen LogP contribution >= 0.6 is 0 Å². The summed E-state index contributed by atoms with van der Waals surface area (Å²) in [4.78, 5) is 20.6. The maximum Gasteiger partial charge on any atom is 0.223 e. The number of rotatable bonds is 4. The summed E-state index contributed by atoms with van der Waals surface area (Å²) in [6.45, 7) is 0.450. The van der Waals surface area contributed by atoms with Gasteiger partial charge in [-0.25, -0.2) is 9.97 Å². The fourth-order valence-corrected chi connectivity index (χ4v) is 1.01. The van der Waals surface area contributed by atoms with Gasteiger partial charge in [0.1, 0.15) is 11.8 Å². The van der Waals surface area contributed by atoms with E-state index >= 15 is 0 Å². The highest BCUT2D eigenvalue weighted by atomic mass is 16.2. The number of anilines is 1. The quantitative estimate of drug-likeness (QED) is 0.784. The van der Waals surface area contributed by atoms with Gasteiger partial charge in [-0.2, -0.15) is 5.26 Å². The predicted octanol–water partition coefficient (Wildman–Crippen LogP) is 0.238. The summed E-state index contributed by atoms with van der Waals surface area (Å²) < 4.78 is 0. The second-order valence-electron chi connectivity index (χ2n) is 3.34. The number of hydrogen-bond donors (Lipinski definition) is 1. The average Bonchev–Trinajstić information content (AvgIpc) is 2.29. The Kier molecular flexibility index (Phi) is 4.21. The molecule has 6 heteroatoms. The number of hydrogen-bond acceptors (Lipinski definition) is 5. The van der Waals surface area contributed by atoms with E-state index in [1.54, 1.807) is 14.1 Å². The predicted molar refractivity (Wildman–Crippen MR) is 58.5 cm³/mol. The van der Waals surface area contributed by atoms with Crippen molar-refractivity contribution in [1.29, 1.82) is 5.26 Å². The van der Waals surface area contributed by atoms with Gasteiger partial charge in [0.15, 0.2) is 0 Å². The highest BCUT2D eigenvalue weighted by Crippen LogP contribution is 1.99. The third kappa shape index (κ3) is 3.53. The zero-order valence-electron chi connectivity index (χ0n) is 9.27. The second-order valence-corrected chi connectivity index (χ2v) is 3.34. The van der Waals surface area contributed by atoms with Gasteiger partial charge in [-0.3, -0.25) is 4.79 Å². The fraction of sp³-hybridized carbons (Fsp3) is 0.400. The van der Waals surface area contributed by atoms with Gasteiger partial charge in [-0.1, -0.05) is 0 Å². The minimum absolute atomic E-state index is 0.0314. The molecule has 1 amide bonds. The lowest BCUT2D eigenvalue weighted by Crippen LogP contribution is -2.24. The van der Waals surface area contributed by atoms with E-state index in [0.29, 0.717) is 24.6 Å². The lowest BCUT2D eigenvalue weighted by Gasteiger charge is -2.10. The average molecular weight is 219 g/mol. The molecule has 0 aliphatic carbocycles. The molecule has 0 atom stereocenters. The summed E-state index contributed by atoms with van der Waals surface area (Å²) in [5, 5.41) is 11.5. The first kappa shape index (κ1) is 11.9. The Hall–Kier alpha value is -2.16. The molecule has 1 rings (SSSR count). The van der Waals surface area contributed by atoms with Crippen molar-refractivity contribution in [1.82, 2.24) is 14.9 Å². The Balaban J connectivity index is 2.43. The number of aromatic nitrogens is 2. The number of amides is 1. The number of carbonyl (C=O) groups is 1. The normalized spacial score (nSPS) is 9.31. The van der Waals surface area contributed by atoms with Crippen molar-refractivity contribution < 1.29 is 4.79 Å². The standard InChI is InChI=1S/C10H13N5O/c1-15(2)9(16)4-6-13-10-12-5-3-8(7-11)14-10/h3,5H,4,6H2,1-2H3,(H,12,13,14). The van der Waals surface area contributed by atoms with Crippen LogP contribution in [0.25, 0.3) is 0 Å². The van der Waals surface area contributed by atoms with Crippen LogP contribution in [0.3, 0.4) is 0 Å². The third-order valence-corrected chi connectivity index (χ3v) is 1.89. The van der Waals surface area contributed by atoms with Gasteiger partial charge in [0.2, 0.25) is 11.9 Å². The third-order valence-electron chi connectivity index (χ3n) is 1.89. The van der Waals surface area contributed by atoms with E-state index in [-0.39, 0.29) is 5.91 Å². The van der Waals surface area contributed by atoms with Gasteiger partial charge in [0.05, 0.1) is 0 Å². The zero-order valence-corrected chi connectivity index (χ0v) is 9.27. The molecule has 0 saturated carbocycles. The molecule has 84 valence electrons. The SMILES string of the molecule is CN(C)C(=O)CCNc1nccc(C#N)n1. The molecule has 0 radical (unpaired) electrons. The molecule has 0 saturated heterocycles. The van der Waals surface area contributed by atoms with Crippen molar-refractivity contribution in [3.63, 3.8) is 0 Å². The van der Waals surface area contributed by atoms with E-state index in [1.807, 2.05) is 6.07 Å². The van der Waals surface area contributed by atoms with E-state index < -0.39 is 0 Å². The largest absolute Gasteiger partial charge is 0.354 e. The summed E-state index contributed by atoms with van der Waals surface area (Å²) in [5.41, 5.74) is 0.302. The molecule has 1 aromatic rings. The summed E-state index contributed by atoms with van der Waals surface area (Å²) in [7, 11) is 3.41. The molecule has 0 fully saturated rings. The van der Waals surface area contributed by atoms with Crippen LogP contribution in [0.2, 0.25) is 0 Å². The Labute approximate surface area is 93.9 Å². The van der Waals surface area contributed by atoms with E-state index in [4.69, 9.17) is 5.26 Å². The van der Waals surface area contributed by atoms with Crippen molar-refractivity contribution in [3.8, 4) is 6.07 Å². The molecule has 0 aliphatic rings. The lowest BCUT2D eigenvalue weighted by molar-refractivity contribution is -0.128. The Morgan fingerprint density at radius 2 is 2.38 bits per heavy atom. The van der Waals surface area contributed by atoms with Gasteiger partial charge >= 0.3 is 0 Å². The number of nitriles is 1. The Bertz CT molecular complexity index is 410. The maximum atomic E-state index is 11.2. The molecule has 16 heavy (non-hydrogen) atoms. The Morgan fingerprint density at radius 1 is 1.62 bits per heavy atom. The van der Waals surface area contributed by atoms with Crippen molar-refractivity contribution >= 4 is 11.9 Å². The van der Waals surface area contributed by atoms with Crippen LogP contribution in [-0.2, 0) is 4.79 Å². The van der Waals surface area contributed by atoms with Crippen molar-refractivity contribution in [3.05, 3.63) is 18.0 Å². The molecule has 1 aromatic heterocycles. The van der Waals surface area contributed by atoms with Gasteiger partial charge in [-0.15, -0.1) is 0 Å². The molecule has 1 heterocycles. The first-order valence-electron chi connectivity index (χ1n) is 4.80. The van der Waals surface area contributed by atoms with Crippen LogP contribution in [0.15, 0.2) is 12.3 Å². The van der Waals surface area contributed by atoms with Crippen molar-refractivity contribution in [2.24, 2.45) is 0 Å². The van der Waals surface area contributed by atoms with E-state index in [0.717, 1.165) is 0 Å². The van der Waals surface area contributed by atoms with Gasteiger partial charge in [-0.05, 0) is 6.07 Å². The summed E-state index contributed by atoms with van der Waals surface area (Å²) in [6.07, 6.45) is 1.87. The second kappa shape index (κ2) is 5.66. The lowest BCUT2D eigenvalue weighted by atomic mass is 10.4. The van der Waals surface area contributed by atoms with Crippen LogP contribution in [0.1, 0.15) is 12.1 Å². The molecular formula is C10H13N5O. The summed E-state index contributed by atoms with van der Waals surface area (Å²) >= 11 is 0. The van der Waals surface area contributed by atoms with Crippen molar-refractivity contribution in [2.75, 3.05) is 26.0 Å². The first-order valence-corrected chi connectivity index (χ1v) is 4.80.